The van der Waals surface area contributed by atoms with E-state index in [9.17, 15) is 19.5 Å². The molecule has 4 atom stereocenters. The zero-order chi connectivity index (χ0) is 39.5. The highest BCUT2D eigenvalue weighted by atomic mass is 19.3. The van der Waals surface area contributed by atoms with E-state index in [1.807, 2.05) is 36.4 Å². The van der Waals surface area contributed by atoms with Crippen LogP contribution in [-0.4, -0.2) is 86.9 Å². The molecule has 0 bridgehead atoms. The van der Waals surface area contributed by atoms with Crippen LogP contribution in [-0.2, 0) is 48.2 Å². The summed E-state index contributed by atoms with van der Waals surface area (Å²) in [5.74, 6) is -7.29. The van der Waals surface area contributed by atoms with Gasteiger partial charge in [-0.3, -0.25) is 9.59 Å². The van der Waals surface area contributed by atoms with Crippen LogP contribution in [0, 0.1) is 11.8 Å². The lowest BCUT2D eigenvalue weighted by Crippen LogP contribution is -2.62. The number of halogens is 2. The molecule has 0 spiro atoms. The van der Waals surface area contributed by atoms with Crippen molar-refractivity contribution in [3.63, 3.8) is 0 Å². The number of carbonyl (C=O) groups is 3. The van der Waals surface area contributed by atoms with E-state index in [0.717, 1.165) is 11.1 Å². The first-order valence-electron chi connectivity index (χ1n) is 17.9. The van der Waals surface area contributed by atoms with Gasteiger partial charge in [-0.1, -0.05) is 100 Å². The molecule has 12 nitrogen and oxygen atoms in total. The molecule has 0 saturated carbocycles. The topological polar surface area (TPSA) is 154 Å². The van der Waals surface area contributed by atoms with Crippen LogP contribution < -0.4 is 20.7 Å². The van der Waals surface area contributed by atoms with Gasteiger partial charge in [-0.05, 0) is 47.1 Å². The van der Waals surface area contributed by atoms with E-state index in [2.05, 4.69) is 16.0 Å². The highest BCUT2D eigenvalue weighted by Gasteiger charge is 2.51. The molecule has 3 amide bonds. The van der Waals surface area contributed by atoms with E-state index in [0.29, 0.717) is 24.5 Å². The van der Waals surface area contributed by atoms with Crippen LogP contribution in [0.15, 0.2) is 84.9 Å². The third kappa shape index (κ3) is 14.7. The SMILES string of the molecule is COCCOCOC[C@H](NC(=O)C(F)(F)C(O)C(Cc1ccc(OCc2ccccc2)cc1)NC(=O)[C@@H](NC(=O)OCc1ccccc1)C(C)C)C(C)C. The molecule has 0 radical (unpaired) electrons. The summed E-state index contributed by atoms with van der Waals surface area (Å²) in [7, 11) is 1.52. The summed E-state index contributed by atoms with van der Waals surface area (Å²) in [6.07, 6.45) is -3.88. The second-order valence-corrected chi connectivity index (χ2v) is 13.4. The molecule has 0 aliphatic heterocycles. The molecule has 3 aromatic rings. The first-order chi connectivity index (χ1) is 25.8. The fourth-order valence-electron chi connectivity index (χ4n) is 5.14. The van der Waals surface area contributed by atoms with Gasteiger partial charge in [-0.15, -0.1) is 0 Å². The summed E-state index contributed by atoms with van der Waals surface area (Å²) < 4.78 is 58.5. The maximum absolute atomic E-state index is 15.9. The molecule has 3 rings (SSSR count). The molecule has 296 valence electrons. The Morgan fingerprint density at radius 2 is 1.33 bits per heavy atom. The number of carbonyl (C=O) groups excluding carboxylic acids is 3. The van der Waals surface area contributed by atoms with Gasteiger partial charge in [0.15, 0.2) is 0 Å². The van der Waals surface area contributed by atoms with Gasteiger partial charge in [0.05, 0.1) is 31.9 Å². The summed E-state index contributed by atoms with van der Waals surface area (Å²) in [6.45, 7) is 7.31. The molecule has 0 aromatic heterocycles. The molecule has 2 unspecified atom stereocenters. The molecule has 0 aliphatic carbocycles. The third-order valence-electron chi connectivity index (χ3n) is 8.46. The van der Waals surface area contributed by atoms with Crippen LogP contribution in [0.3, 0.4) is 0 Å². The average Bonchev–Trinajstić information content (AvgIpc) is 3.16. The maximum atomic E-state index is 15.9. The summed E-state index contributed by atoms with van der Waals surface area (Å²) in [4.78, 5) is 39.5. The number of nitrogens with one attached hydrogen (secondary N) is 3. The Morgan fingerprint density at radius 1 is 0.722 bits per heavy atom. The second kappa shape index (κ2) is 22.6. The largest absolute Gasteiger partial charge is 0.489 e. The number of hydrogen-bond acceptors (Lipinski definition) is 9. The van der Waals surface area contributed by atoms with Crippen molar-refractivity contribution in [2.75, 3.05) is 33.7 Å². The summed E-state index contributed by atoms with van der Waals surface area (Å²) >= 11 is 0. The van der Waals surface area contributed by atoms with Gasteiger partial charge in [0.1, 0.15) is 37.9 Å². The normalized spacial score (nSPS) is 13.8. The van der Waals surface area contributed by atoms with E-state index in [1.165, 1.54) is 7.11 Å². The van der Waals surface area contributed by atoms with Crippen molar-refractivity contribution in [3.8, 4) is 5.75 Å². The number of ether oxygens (including phenoxy) is 5. The van der Waals surface area contributed by atoms with Gasteiger partial charge in [-0.25, -0.2) is 4.79 Å². The Morgan fingerprint density at radius 3 is 1.91 bits per heavy atom. The smallest absolute Gasteiger partial charge is 0.408 e. The van der Waals surface area contributed by atoms with Crippen molar-refractivity contribution in [1.82, 2.24) is 16.0 Å². The lowest BCUT2D eigenvalue weighted by Gasteiger charge is -2.33. The molecule has 54 heavy (non-hydrogen) atoms. The van der Waals surface area contributed by atoms with Gasteiger partial charge in [0.2, 0.25) is 5.91 Å². The highest BCUT2D eigenvalue weighted by molar-refractivity contribution is 5.87. The third-order valence-corrected chi connectivity index (χ3v) is 8.46. The number of aliphatic hydroxyl groups excluding tert-OH is 1. The van der Waals surface area contributed by atoms with E-state index >= 15 is 8.78 Å². The van der Waals surface area contributed by atoms with Crippen molar-refractivity contribution in [1.29, 1.82) is 0 Å². The minimum Gasteiger partial charge on any atom is -0.489 e. The fraction of sp³-hybridized carbons (Fsp3) is 0.475. The van der Waals surface area contributed by atoms with Gasteiger partial charge in [0.25, 0.3) is 5.91 Å². The van der Waals surface area contributed by atoms with E-state index in [4.69, 9.17) is 23.7 Å². The number of aliphatic hydroxyl groups is 1. The van der Waals surface area contributed by atoms with Crippen molar-refractivity contribution in [2.24, 2.45) is 11.8 Å². The maximum Gasteiger partial charge on any atom is 0.408 e. The fourth-order valence-corrected chi connectivity index (χ4v) is 5.14. The Kier molecular flexibility index (Phi) is 18.3. The Bertz CT molecular complexity index is 1550. The Hall–Kier alpha value is -4.63. The summed E-state index contributed by atoms with van der Waals surface area (Å²) in [5, 5.41) is 18.5. The van der Waals surface area contributed by atoms with Crippen LogP contribution in [0.2, 0.25) is 0 Å². The van der Waals surface area contributed by atoms with Crippen LogP contribution in [0.1, 0.15) is 44.4 Å². The van der Waals surface area contributed by atoms with Gasteiger partial charge >= 0.3 is 12.0 Å². The summed E-state index contributed by atoms with van der Waals surface area (Å²) in [5.41, 5.74) is 2.13. The average molecular weight is 758 g/mol. The Balaban J connectivity index is 1.77. The van der Waals surface area contributed by atoms with Crippen LogP contribution >= 0.6 is 0 Å². The highest BCUT2D eigenvalue weighted by Crippen LogP contribution is 2.26. The standard InChI is InChI=1S/C40H53F2N3O9/c1-27(2)34(25-52-26-51-21-20-50-5)44-38(48)40(41,42)36(46)33(22-29-16-18-32(19-17-29)53-23-30-12-8-6-9-13-30)43-37(47)35(28(3)4)45-39(49)54-24-31-14-10-7-11-15-31/h6-19,27-28,33-36,46H,20-26H2,1-5H3,(H,43,47)(H,44,48)(H,45,49)/t33?,34-,35-,36?/m0/s1. The molecule has 0 heterocycles. The van der Waals surface area contributed by atoms with E-state index < -0.39 is 54.0 Å². The summed E-state index contributed by atoms with van der Waals surface area (Å²) in [6, 6.07) is 21.2. The molecular weight excluding hydrogens is 704 g/mol. The predicted octanol–water partition coefficient (Wildman–Crippen LogP) is 5.02. The molecule has 3 aromatic carbocycles. The number of hydrogen-bond donors (Lipinski definition) is 4. The van der Waals surface area contributed by atoms with Crippen molar-refractivity contribution in [2.45, 2.75) is 77.5 Å². The van der Waals surface area contributed by atoms with Gasteiger partial charge in [-0.2, -0.15) is 8.78 Å². The number of rotatable bonds is 23. The second-order valence-electron chi connectivity index (χ2n) is 13.4. The van der Waals surface area contributed by atoms with E-state index in [-0.39, 0.29) is 39.0 Å². The quantitative estimate of drug-likeness (QED) is 0.0772. The monoisotopic (exact) mass is 757 g/mol. The Labute approximate surface area is 315 Å². The zero-order valence-electron chi connectivity index (χ0n) is 31.5. The van der Waals surface area contributed by atoms with Crippen LogP contribution in [0.5, 0.6) is 5.75 Å². The molecule has 4 N–H and O–H groups in total. The minimum absolute atomic E-state index is 0.0594. The predicted molar refractivity (Wildman–Crippen MR) is 198 cm³/mol. The van der Waals surface area contributed by atoms with Crippen LogP contribution in [0.4, 0.5) is 13.6 Å². The van der Waals surface area contributed by atoms with Crippen LogP contribution in [0.25, 0.3) is 0 Å². The minimum atomic E-state index is -4.37. The molecule has 0 aliphatic rings. The van der Waals surface area contributed by atoms with Gasteiger partial charge in [0, 0.05) is 7.11 Å². The van der Waals surface area contributed by atoms with Crippen molar-refractivity contribution < 1.29 is 52.0 Å². The first-order valence-corrected chi connectivity index (χ1v) is 17.9. The van der Waals surface area contributed by atoms with Gasteiger partial charge < -0.3 is 44.7 Å². The number of methoxy groups -OCH3 is 1. The first kappa shape index (κ1) is 43.8. The number of alkyl carbamates (subject to hydrolysis) is 1. The van der Waals surface area contributed by atoms with E-state index in [1.54, 1.807) is 76.2 Å². The molecule has 14 heteroatoms. The molecular formula is C40H53F2N3O9. The van der Waals surface area contributed by atoms with Crippen molar-refractivity contribution >= 4 is 17.9 Å². The van der Waals surface area contributed by atoms with Crippen molar-refractivity contribution in [3.05, 3.63) is 102 Å². The molecule has 0 fully saturated rings. The molecule has 0 saturated heterocycles. The zero-order valence-corrected chi connectivity index (χ0v) is 31.5. The lowest BCUT2D eigenvalue weighted by atomic mass is 9.94. The number of amides is 3. The number of alkyl halides is 2. The lowest BCUT2D eigenvalue weighted by molar-refractivity contribution is -0.169. The number of benzene rings is 3.